The molecule has 1 aromatic carbocycles. The van der Waals surface area contributed by atoms with E-state index in [4.69, 9.17) is 17.3 Å². The van der Waals surface area contributed by atoms with Crippen LogP contribution in [0.1, 0.15) is 11.6 Å². The molecule has 19 heavy (non-hydrogen) atoms. The van der Waals surface area contributed by atoms with Gasteiger partial charge in [-0.3, -0.25) is 4.79 Å². The molecule has 110 valence electrons. The lowest BCUT2D eigenvalue weighted by atomic mass is 10.1. The van der Waals surface area contributed by atoms with Crippen LogP contribution < -0.4 is 11.1 Å². The number of carbonyl (C=O) groups is 1. The summed E-state index contributed by atoms with van der Waals surface area (Å²) in [7, 11) is 3.89. The van der Waals surface area contributed by atoms with E-state index in [1.54, 1.807) is 0 Å². The van der Waals surface area contributed by atoms with E-state index in [1.165, 1.54) is 0 Å². The summed E-state index contributed by atoms with van der Waals surface area (Å²) in [6.45, 7) is 0.495. The molecule has 0 heterocycles. The van der Waals surface area contributed by atoms with Gasteiger partial charge in [-0.2, -0.15) is 0 Å². The van der Waals surface area contributed by atoms with Crippen molar-refractivity contribution >= 4 is 42.3 Å². The minimum Gasteiger partial charge on any atom is -0.353 e. The zero-order valence-corrected chi connectivity index (χ0v) is 13.3. The predicted molar refractivity (Wildman–Crippen MR) is 84.4 cm³/mol. The summed E-state index contributed by atoms with van der Waals surface area (Å²) >= 11 is 6.15. The van der Waals surface area contributed by atoms with Crippen LogP contribution in [-0.2, 0) is 4.79 Å². The normalized spacial score (nSPS) is 11.2. The largest absolute Gasteiger partial charge is 0.353 e. The SMILES string of the molecule is CN(C)C(CNC(=O)CN)c1ccccc1Cl.Cl.Cl. The van der Waals surface area contributed by atoms with E-state index in [2.05, 4.69) is 5.32 Å². The fraction of sp³-hybridized carbons (Fsp3) is 0.417. The molecule has 0 spiro atoms. The Morgan fingerprint density at radius 2 is 1.95 bits per heavy atom. The van der Waals surface area contributed by atoms with Gasteiger partial charge in [-0.25, -0.2) is 0 Å². The molecule has 1 atom stereocenters. The number of likely N-dealkylation sites (N-methyl/N-ethyl adjacent to an activating group) is 1. The van der Waals surface area contributed by atoms with E-state index < -0.39 is 0 Å². The number of amides is 1. The minimum atomic E-state index is -0.163. The molecule has 0 aliphatic carbocycles. The van der Waals surface area contributed by atoms with E-state index in [0.29, 0.717) is 11.6 Å². The predicted octanol–water partition coefficient (Wildman–Crippen LogP) is 1.86. The topological polar surface area (TPSA) is 58.4 Å². The molecule has 0 fully saturated rings. The molecule has 0 saturated carbocycles. The molecule has 1 unspecified atom stereocenters. The molecule has 0 bridgehead atoms. The summed E-state index contributed by atoms with van der Waals surface area (Å²) < 4.78 is 0. The summed E-state index contributed by atoms with van der Waals surface area (Å²) in [5, 5.41) is 3.48. The van der Waals surface area contributed by atoms with Crippen LogP contribution in [0.15, 0.2) is 24.3 Å². The average molecular weight is 329 g/mol. The Bertz CT molecular complexity index is 388. The summed E-state index contributed by atoms with van der Waals surface area (Å²) in [4.78, 5) is 13.2. The molecular formula is C12H20Cl3N3O. The van der Waals surface area contributed by atoms with Crippen molar-refractivity contribution in [3.8, 4) is 0 Å². The summed E-state index contributed by atoms with van der Waals surface area (Å²) in [6, 6.07) is 7.67. The van der Waals surface area contributed by atoms with Crippen LogP contribution in [0.5, 0.6) is 0 Å². The minimum absolute atomic E-state index is 0. The highest BCUT2D eigenvalue weighted by molar-refractivity contribution is 6.31. The van der Waals surface area contributed by atoms with Crippen molar-refractivity contribution in [1.82, 2.24) is 10.2 Å². The summed E-state index contributed by atoms with van der Waals surface area (Å²) in [5.41, 5.74) is 6.25. The van der Waals surface area contributed by atoms with Crippen molar-refractivity contribution in [3.05, 3.63) is 34.9 Å². The lowest BCUT2D eigenvalue weighted by Gasteiger charge is -2.25. The number of halogens is 3. The van der Waals surface area contributed by atoms with Crippen LogP contribution in [0.3, 0.4) is 0 Å². The molecule has 4 nitrogen and oxygen atoms in total. The number of nitrogens with zero attached hydrogens (tertiary/aromatic N) is 1. The number of carbonyl (C=O) groups excluding carboxylic acids is 1. The molecule has 3 N–H and O–H groups in total. The highest BCUT2D eigenvalue weighted by Gasteiger charge is 2.17. The Labute approximate surface area is 131 Å². The second kappa shape index (κ2) is 10.3. The maximum absolute atomic E-state index is 11.2. The van der Waals surface area contributed by atoms with Crippen molar-refractivity contribution in [1.29, 1.82) is 0 Å². The molecule has 0 radical (unpaired) electrons. The number of rotatable bonds is 5. The van der Waals surface area contributed by atoms with Gasteiger partial charge in [0, 0.05) is 11.6 Å². The van der Waals surface area contributed by atoms with Crippen LogP contribution in [0.4, 0.5) is 0 Å². The average Bonchev–Trinajstić information content (AvgIpc) is 2.30. The zero-order chi connectivity index (χ0) is 12.8. The highest BCUT2D eigenvalue weighted by Crippen LogP contribution is 2.25. The Morgan fingerprint density at radius 3 is 2.42 bits per heavy atom. The lowest BCUT2D eigenvalue weighted by molar-refractivity contribution is -0.119. The standard InChI is InChI=1S/C12H18ClN3O.2ClH/c1-16(2)11(8-15-12(17)7-14)9-5-3-4-6-10(9)13;;/h3-6,11H,7-8,14H2,1-2H3,(H,15,17);2*1H. The first-order chi connectivity index (χ1) is 8.06. The third-order valence-electron chi connectivity index (χ3n) is 2.57. The Hall–Kier alpha value is -0.520. The second-order valence-corrected chi connectivity index (χ2v) is 4.42. The lowest BCUT2D eigenvalue weighted by Crippen LogP contribution is -2.37. The van der Waals surface area contributed by atoms with Gasteiger partial charge in [0.1, 0.15) is 0 Å². The van der Waals surface area contributed by atoms with Crippen molar-refractivity contribution < 1.29 is 4.79 Å². The molecule has 0 saturated heterocycles. The first kappa shape index (κ1) is 20.8. The summed E-state index contributed by atoms with van der Waals surface area (Å²) in [6.07, 6.45) is 0. The van der Waals surface area contributed by atoms with Crippen molar-refractivity contribution in [2.24, 2.45) is 5.73 Å². The number of nitrogens with two attached hydrogens (primary N) is 1. The van der Waals surface area contributed by atoms with Crippen molar-refractivity contribution in [2.45, 2.75) is 6.04 Å². The van der Waals surface area contributed by atoms with Gasteiger partial charge in [-0.1, -0.05) is 29.8 Å². The van der Waals surface area contributed by atoms with Gasteiger partial charge < -0.3 is 16.0 Å². The van der Waals surface area contributed by atoms with E-state index in [0.717, 1.165) is 5.56 Å². The molecule has 1 rings (SSSR count). The smallest absolute Gasteiger partial charge is 0.233 e. The molecule has 1 aromatic rings. The van der Waals surface area contributed by atoms with Gasteiger partial charge in [-0.05, 0) is 25.7 Å². The second-order valence-electron chi connectivity index (χ2n) is 4.01. The first-order valence-electron chi connectivity index (χ1n) is 5.44. The molecule has 1 amide bonds. The Balaban J connectivity index is 0. The molecular weight excluding hydrogens is 309 g/mol. The third kappa shape index (κ3) is 6.45. The maximum Gasteiger partial charge on any atom is 0.233 e. The van der Waals surface area contributed by atoms with E-state index in [1.807, 2.05) is 43.3 Å². The van der Waals surface area contributed by atoms with Gasteiger partial charge in [-0.15, -0.1) is 24.8 Å². The Kier molecular flexibility index (Phi) is 11.3. The van der Waals surface area contributed by atoms with Gasteiger partial charge in [0.2, 0.25) is 5.91 Å². The molecule has 0 aromatic heterocycles. The maximum atomic E-state index is 11.2. The highest BCUT2D eigenvalue weighted by atomic mass is 35.5. The molecule has 0 aliphatic heterocycles. The monoisotopic (exact) mass is 327 g/mol. The summed E-state index contributed by atoms with van der Waals surface area (Å²) in [5.74, 6) is -0.163. The van der Waals surface area contributed by atoms with Crippen molar-refractivity contribution in [2.75, 3.05) is 27.2 Å². The van der Waals surface area contributed by atoms with E-state index in [9.17, 15) is 4.79 Å². The van der Waals surface area contributed by atoms with Crippen molar-refractivity contribution in [3.63, 3.8) is 0 Å². The molecule has 0 aliphatic rings. The van der Waals surface area contributed by atoms with Crippen LogP contribution in [-0.4, -0.2) is 38.0 Å². The first-order valence-corrected chi connectivity index (χ1v) is 5.81. The molecule has 7 heteroatoms. The number of hydrogen-bond acceptors (Lipinski definition) is 3. The van der Waals surface area contributed by atoms with Gasteiger partial charge in [0.15, 0.2) is 0 Å². The fourth-order valence-electron chi connectivity index (χ4n) is 1.60. The number of benzene rings is 1. The third-order valence-corrected chi connectivity index (χ3v) is 2.91. The zero-order valence-electron chi connectivity index (χ0n) is 10.9. The van der Waals surface area contributed by atoms with Crippen LogP contribution in [0, 0.1) is 0 Å². The quantitative estimate of drug-likeness (QED) is 0.867. The van der Waals surface area contributed by atoms with E-state index >= 15 is 0 Å². The Morgan fingerprint density at radius 1 is 1.37 bits per heavy atom. The van der Waals surface area contributed by atoms with Crippen LogP contribution in [0.25, 0.3) is 0 Å². The fourth-order valence-corrected chi connectivity index (χ4v) is 1.86. The van der Waals surface area contributed by atoms with Gasteiger partial charge >= 0.3 is 0 Å². The van der Waals surface area contributed by atoms with Crippen LogP contribution >= 0.6 is 36.4 Å². The van der Waals surface area contributed by atoms with E-state index in [-0.39, 0.29) is 43.3 Å². The van der Waals surface area contributed by atoms with Crippen LogP contribution in [0.2, 0.25) is 5.02 Å². The van der Waals surface area contributed by atoms with Gasteiger partial charge in [0.05, 0.1) is 12.6 Å². The van der Waals surface area contributed by atoms with Gasteiger partial charge in [0.25, 0.3) is 0 Å². The number of hydrogen-bond donors (Lipinski definition) is 2. The number of nitrogens with one attached hydrogen (secondary N) is 1.